The lowest BCUT2D eigenvalue weighted by Gasteiger charge is -2.39. The monoisotopic (exact) mass is 937 g/mol. The topological polar surface area (TPSA) is 190 Å². The Morgan fingerprint density at radius 1 is 1.02 bits per heavy atom. The molecule has 2 amide bonds. The van der Waals surface area contributed by atoms with Crippen molar-refractivity contribution in [2.75, 3.05) is 70.5 Å². The molecule has 9 rings (SSSR count). The zero-order valence-corrected chi connectivity index (χ0v) is 38.5. The number of aromatic amines is 1. The van der Waals surface area contributed by atoms with Crippen molar-refractivity contribution >= 4 is 61.4 Å². The Labute approximate surface area is 388 Å². The van der Waals surface area contributed by atoms with E-state index in [2.05, 4.69) is 50.5 Å². The number of sulfonamides is 1. The van der Waals surface area contributed by atoms with Crippen LogP contribution in [0, 0.1) is 21.4 Å². The quantitative estimate of drug-likeness (QED) is 0.0921. The predicted octanol–water partition coefficient (Wildman–Crippen LogP) is 7.62. The van der Waals surface area contributed by atoms with Crippen LogP contribution in [0.15, 0.2) is 89.6 Å². The number of nitro groups is 1. The van der Waals surface area contributed by atoms with Crippen LogP contribution in [-0.2, 0) is 26.0 Å². The predicted molar refractivity (Wildman–Crippen MR) is 250 cm³/mol. The number of anilines is 1. The molecule has 3 aromatic carbocycles. The van der Waals surface area contributed by atoms with E-state index in [9.17, 15) is 28.1 Å². The number of nitrogens with one attached hydrogen (secondary N) is 2. The number of H-pyrrole nitrogens is 1. The number of halogens is 1. The fourth-order valence-corrected chi connectivity index (χ4v) is 10.5. The fourth-order valence-electron chi connectivity index (χ4n) is 9.35. The van der Waals surface area contributed by atoms with Crippen molar-refractivity contribution in [1.29, 1.82) is 0 Å². The van der Waals surface area contributed by atoms with E-state index >= 15 is 0 Å². The Morgan fingerprint density at radius 3 is 2.55 bits per heavy atom. The molecule has 5 heterocycles. The molecule has 5 aromatic rings. The van der Waals surface area contributed by atoms with Gasteiger partial charge in [-0.3, -0.25) is 24.6 Å². The molecule has 2 aromatic heterocycles. The smallest absolute Gasteiger partial charge is 0.277 e. The first kappa shape index (κ1) is 45.2. The van der Waals surface area contributed by atoms with Crippen molar-refractivity contribution in [3.8, 4) is 17.2 Å². The van der Waals surface area contributed by atoms with Gasteiger partial charge in [-0.05, 0) is 78.6 Å². The van der Waals surface area contributed by atoms with E-state index in [1.807, 2.05) is 18.2 Å². The molecule has 0 radical (unpaired) electrons. The Hall–Kier alpha value is -6.01. The highest BCUT2D eigenvalue weighted by Crippen LogP contribution is 2.44. The first-order valence-electron chi connectivity index (χ1n) is 22.2. The first-order chi connectivity index (χ1) is 31.7. The highest BCUT2D eigenvalue weighted by atomic mass is 35.5. The van der Waals surface area contributed by atoms with Gasteiger partial charge >= 0.3 is 0 Å². The summed E-state index contributed by atoms with van der Waals surface area (Å²) >= 11 is 6.25. The maximum absolute atomic E-state index is 14.1. The molecule has 346 valence electrons. The van der Waals surface area contributed by atoms with Gasteiger partial charge in [-0.15, -0.1) is 0 Å². The summed E-state index contributed by atoms with van der Waals surface area (Å²) in [5, 5.41) is 13.9. The minimum absolute atomic E-state index is 0.00891. The van der Waals surface area contributed by atoms with Crippen LogP contribution in [0.2, 0.25) is 5.02 Å². The summed E-state index contributed by atoms with van der Waals surface area (Å²) in [6.45, 7) is 10.4. The number of nitro benzene ring substituents is 1. The van der Waals surface area contributed by atoms with Crippen molar-refractivity contribution in [1.82, 2.24) is 24.5 Å². The molecule has 3 aliphatic heterocycles. The average Bonchev–Trinajstić information content (AvgIpc) is 3.78. The number of morpholine rings is 1. The molecule has 0 unspecified atom stereocenters. The average molecular weight is 939 g/mol. The second kappa shape index (κ2) is 18.7. The molecule has 2 fully saturated rings. The van der Waals surface area contributed by atoms with Gasteiger partial charge in [0.2, 0.25) is 5.91 Å². The molecule has 16 nitrogen and oxygen atoms in total. The van der Waals surface area contributed by atoms with Gasteiger partial charge < -0.3 is 29.0 Å². The van der Waals surface area contributed by atoms with Crippen molar-refractivity contribution in [3.05, 3.63) is 117 Å². The highest BCUT2D eigenvalue weighted by molar-refractivity contribution is 7.90. The van der Waals surface area contributed by atoms with Gasteiger partial charge in [0, 0.05) is 98.6 Å². The van der Waals surface area contributed by atoms with E-state index in [4.69, 9.17) is 25.8 Å². The number of carbonyl (C=O) groups excluding carboxylic acids is 2. The third-order valence-corrected chi connectivity index (χ3v) is 14.6. The van der Waals surface area contributed by atoms with Crippen molar-refractivity contribution in [2.45, 2.75) is 50.8 Å². The number of benzene rings is 3. The molecule has 1 atom stereocenters. The van der Waals surface area contributed by atoms with Gasteiger partial charge in [0.1, 0.15) is 22.9 Å². The summed E-state index contributed by atoms with van der Waals surface area (Å²) in [4.78, 5) is 52.0. The molecule has 18 heteroatoms. The number of carbonyl (C=O) groups is 2. The Kier molecular flexibility index (Phi) is 12.8. The van der Waals surface area contributed by atoms with Crippen LogP contribution in [-0.4, -0.2) is 111 Å². The number of hydrogen-bond acceptors (Lipinski definition) is 12. The SMILES string of the molecule is CC1(C)CCC(CN2CCN(c3ccc(C(=O)NS(=O)(=O)c4cc5c(c([N+](=O)[O-])c4)C[C@H](CC(=O)N4CCOCC4)CO5)c(Oc4cnc5[nH]ccc5c4)c3)CC2)=C(c2ccc(Cl)cc2)C1. The number of nitrogens with zero attached hydrogens (tertiary/aromatic N) is 5. The van der Waals surface area contributed by atoms with Crippen LogP contribution in [0.25, 0.3) is 16.6 Å². The van der Waals surface area contributed by atoms with Gasteiger partial charge in [0.15, 0.2) is 0 Å². The van der Waals surface area contributed by atoms with Crippen LogP contribution in [0.5, 0.6) is 17.2 Å². The number of allylic oxidation sites excluding steroid dienone is 1. The van der Waals surface area contributed by atoms with E-state index in [1.54, 1.807) is 29.3 Å². The van der Waals surface area contributed by atoms with Gasteiger partial charge in [-0.25, -0.2) is 18.1 Å². The molecule has 2 saturated heterocycles. The number of amides is 2. The Balaban J connectivity index is 0.931. The summed E-state index contributed by atoms with van der Waals surface area (Å²) in [5.74, 6) is -1.02. The third-order valence-electron chi connectivity index (χ3n) is 13.0. The van der Waals surface area contributed by atoms with E-state index in [1.165, 1.54) is 35.0 Å². The fraction of sp³-hybridized carbons (Fsp3) is 0.396. The van der Waals surface area contributed by atoms with E-state index in [0.29, 0.717) is 50.8 Å². The largest absolute Gasteiger partial charge is 0.493 e. The number of aromatic nitrogens is 2. The first-order valence-corrected chi connectivity index (χ1v) is 24.1. The Morgan fingerprint density at radius 2 is 1.79 bits per heavy atom. The Bertz CT molecular complexity index is 2820. The minimum atomic E-state index is -4.69. The number of ether oxygens (including phenoxy) is 3. The van der Waals surface area contributed by atoms with Crippen LogP contribution in [0.3, 0.4) is 0 Å². The maximum Gasteiger partial charge on any atom is 0.277 e. The van der Waals surface area contributed by atoms with Crippen molar-refractivity contribution < 1.29 is 37.1 Å². The molecule has 0 bridgehead atoms. The summed E-state index contributed by atoms with van der Waals surface area (Å²) in [6.07, 6.45) is 6.67. The van der Waals surface area contributed by atoms with Crippen LogP contribution in [0.4, 0.5) is 11.4 Å². The molecule has 0 spiro atoms. The summed E-state index contributed by atoms with van der Waals surface area (Å²) in [7, 11) is -4.69. The third kappa shape index (κ3) is 10.0. The standard InChI is InChI=1S/C48H52ClN7O9S/c1-48(2)11-9-34(41(27-48)32-3-5-35(49)6-4-32)29-53-13-15-54(16-14-53)36-7-8-39(44(24-36)65-37-23-33-10-12-50-46(33)51-28-37)47(58)52-66(61,62)38-25-42(56(59)60)40-21-31(30-64-43(40)26-38)22-45(57)55-17-19-63-20-18-55/h3-8,10,12,23-26,28,31H,9,11,13-22,27,29-30H2,1-2H3,(H,50,51)(H,52,58)/t31-/m1/s1. The van der Waals surface area contributed by atoms with Gasteiger partial charge in [0.05, 0.1) is 47.0 Å². The number of rotatable bonds is 12. The molecule has 2 N–H and O–H groups in total. The summed E-state index contributed by atoms with van der Waals surface area (Å²) < 4.78 is 47.5. The van der Waals surface area contributed by atoms with Crippen molar-refractivity contribution in [3.63, 3.8) is 0 Å². The van der Waals surface area contributed by atoms with E-state index in [0.717, 1.165) is 61.1 Å². The molecular weight excluding hydrogens is 886 g/mol. The zero-order valence-electron chi connectivity index (χ0n) is 36.9. The molecule has 66 heavy (non-hydrogen) atoms. The molecule has 4 aliphatic rings. The number of pyridine rings is 1. The van der Waals surface area contributed by atoms with Crippen molar-refractivity contribution in [2.24, 2.45) is 11.3 Å². The van der Waals surface area contributed by atoms with Gasteiger partial charge in [-0.2, -0.15) is 0 Å². The van der Waals surface area contributed by atoms with Crippen LogP contribution in [0.1, 0.15) is 61.0 Å². The maximum atomic E-state index is 14.1. The molecular formula is C48H52ClN7O9S. The summed E-state index contributed by atoms with van der Waals surface area (Å²) in [5.41, 5.74) is 5.35. The number of fused-ring (bicyclic) bond motifs is 2. The van der Waals surface area contributed by atoms with Crippen LogP contribution < -0.4 is 19.1 Å². The highest BCUT2D eigenvalue weighted by Gasteiger charge is 2.34. The number of hydrogen-bond donors (Lipinski definition) is 2. The normalized spacial score (nSPS) is 19.0. The molecule has 1 aliphatic carbocycles. The lowest BCUT2D eigenvalue weighted by molar-refractivity contribution is -0.386. The van der Waals surface area contributed by atoms with Gasteiger partial charge in [0.25, 0.3) is 21.6 Å². The second-order valence-electron chi connectivity index (χ2n) is 18.3. The van der Waals surface area contributed by atoms with E-state index < -0.39 is 31.4 Å². The zero-order chi connectivity index (χ0) is 46.2. The second-order valence-corrected chi connectivity index (χ2v) is 20.4. The number of piperazine rings is 1. The lowest BCUT2D eigenvalue weighted by Crippen LogP contribution is -2.47. The molecule has 0 saturated carbocycles. The summed E-state index contributed by atoms with van der Waals surface area (Å²) in [6, 6.07) is 18.9. The minimum Gasteiger partial charge on any atom is -0.493 e. The van der Waals surface area contributed by atoms with Gasteiger partial charge in [-0.1, -0.05) is 43.2 Å². The lowest BCUT2D eigenvalue weighted by atomic mass is 9.72. The van der Waals surface area contributed by atoms with Crippen LogP contribution >= 0.6 is 11.6 Å². The van der Waals surface area contributed by atoms with E-state index in [-0.39, 0.29) is 59.3 Å².